The standard InChI is InChI=1S/C9H9N7S/c10-9(17)14-11-5-6-1-3-7(4-2-6)8-12-15-16-13-8/h1-5H,(H3,10,14,17)(H,12,13,15,16). The number of hydrogen-bond acceptors (Lipinski definition) is 5. The zero-order valence-corrected chi connectivity index (χ0v) is 9.48. The molecule has 0 aliphatic heterocycles. The monoisotopic (exact) mass is 247 g/mol. The van der Waals surface area contributed by atoms with E-state index in [4.69, 9.17) is 5.73 Å². The van der Waals surface area contributed by atoms with Crippen molar-refractivity contribution in [1.82, 2.24) is 26.0 Å². The molecule has 1 heterocycles. The molecule has 8 heteroatoms. The number of rotatable bonds is 3. The number of H-pyrrole nitrogens is 1. The van der Waals surface area contributed by atoms with E-state index in [1.165, 1.54) is 0 Å². The van der Waals surface area contributed by atoms with E-state index < -0.39 is 0 Å². The fourth-order valence-electron chi connectivity index (χ4n) is 1.17. The normalized spacial score (nSPS) is 10.6. The molecule has 4 N–H and O–H groups in total. The average Bonchev–Trinajstić information content (AvgIpc) is 2.83. The van der Waals surface area contributed by atoms with Gasteiger partial charge >= 0.3 is 0 Å². The average molecular weight is 247 g/mol. The van der Waals surface area contributed by atoms with Crippen molar-refractivity contribution in [2.45, 2.75) is 0 Å². The smallest absolute Gasteiger partial charge is 0.204 e. The molecule has 0 aliphatic rings. The molecule has 0 amide bonds. The minimum atomic E-state index is 0.129. The Morgan fingerprint density at radius 2 is 2.18 bits per heavy atom. The highest BCUT2D eigenvalue weighted by Crippen LogP contribution is 2.12. The third-order valence-corrected chi connectivity index (χ3v) is 1.99. The Balaban J connectivity index is 2.08. The van der Waals surface area contributed by atoms with Crippen LogP contribution in [0.25, 0.3) is 11.4 Å². The number of aromatic amines is 1. The highest BCUT2D eigenvalue weighted by atomic mass is 32.1. The van der Waals surface area contributed by atoms with E-state index >= 15 is 0 Å². The molecule has 86 valence electrons. The number of tetrazole rings is 1. The first-order chi connectivity index (χ1) is 8.25. The second-order valence-electron chi connectivity index (χ2n) is 3.09. The van der Waals surface area contributed by atoms with E-state index in [1.54, 1.807) is 6.21 Å². The van der Waals surface area contributed by atoms with E-state index in [-0.39, 0.29) is 5.11 Å². The van der Waals surface area contributed by atoms with Gasteiger partial charge in [0.2, 0.25) is 5.82 Å². The summed E-state index contributed by atoms with van der Waals surface area (Å²) in [6.07, 6.45) is 1.61. The molecule has 2 aromatic rings. The molecule has 0 saturated carbocycles. The summed E-state index contributed by atoms with van der Waals surface area (Å²) in [5.74, 6) is 0.551. The van der Waals surface area contributed by atoms with Crippen LogP contribution in [0.15, 0.2) is 29.4 Å². The summed E-state index contributed by atoms with van der Waals surface area (Å²) >= 11 is 4.61. The van der Waals surface area contributed by atoms with Crippen LogP contribution in [-0.2, 0) is 0 Å². The van der Waals surface area contributed by atoms with E-state index in [0.717, 1.165) is 11.1 Å². The van der Waals surface area contributed by atoms with E-state index in [1.807, 2.05) is 24.3 Å². The van der Waals surface area contributed by atoms with Crippen LogP contribution in [0.4, 0.5) is 0 Å². The molecule has 17 heavy (non-hydrogen) atoms. The minimum absolute atomic E-state index is 0.129. The van der Waals surface area contributed by atoms with Gasteiger partial charge in [-0.25, -0.2) is 0 Å². The molecule has 2 rings (SSSR count). The molecule has 0 atom stereocenters. The van der Waals surface area contributed by atoms with Gasteiger partial charge in [0.1, 0.15) is 0 Å². The molecule has 0 bridgehead atoms. The molecular formula is C9H9N7S. The molecule has 0 saturated heterocycles. The van der Waals surface area contributed by atoms with Crippen LogP contribution in [0, 0.1) is 0 Å². The molecule has 0 unspecified atom stereocenters. The third-order valence-electron chi connectivity index (χ3n) is 1.90. The third kappa shape index (κ3) is 3.05. The minimum Gasteiger partial charge on any atom is -0.375 e. The lowest BCUT2D eigenvalue weighted by atomic mass is 10.1. The van der Waals surface area contributed by atoms with Crippen LogP contribution < -0.4 is 11.2 Å². The van der Waals surface area contributed by atoms with Crippen LogP contribution in [0.3, 0.4) is 0 Å². The lowest BCUT2D eigenvalue weighted by Gasteiger charge is -1.96. The van der Waals surface area contributed by atoms with E-state index in [0.29, 0.717) is 5.82 Å². The van der Waals surface area contributed by atoms with Gasteiger partial charge in [-0.2, -0.15) is 10.3 Å². The topological polar surface area (TPSA) is 105 Å². The molecule has 1 aromatic carbocycles. The summed E-state index contributed by atoms with van der Waals surface area (Å²) in [6, 6.07) is 7.48. The molecular weight excluding hydrogens is 238 g/mol. The van der Waals surface area contributed by atoms with Gasteiger partial charge in [-0.15, -0.1) is 10.2 Å². The van der Waals surface area contributed by atoms with Crippen LogP contribution in [0.5, 0.6) is 0 Å². The maximum Gasteiger partial charge on any atom is 0.204 e. The van der Waals surface area contributed by atoms with Crippen LogP contribution in [0.1, 0.15) is 5.56 Å². The van der Waals surface area contributed by atoms with Crippen molar-refractivity contribution in [2.24, 2.45) is 10.8 Å². The lowest BCUT2D eigenvalue weighted by molar-refractivity contribution is 0.881. The Bertz CT molecular complexity index is 517. The number of nitrogens with zero attached hydrogens (tertiary/aromatic N) is 4. The van der Waals surface area contributed by atoms with E-state index in [2.05, 4.69) is 43.4 Å². The summed E-state index contributed by atoms with van der Waals surface area (Å²) in [5.41, 5.74) is 9.48. The van der Waals surface area contributed by atoms with Crippen LogP contribution in [0.2, 0.25) is 0 Å². The highest BCUT2D eigenvalue weighted by Gasteiger charge is 2.01. The maximum atomic E-state index is 5.22. The van der Waals surface area contributed by atoms with Crippen molar-refractivity contribution >= 4 is 23.5 Å². The number of aromatic nitrogens is 4. The predicted octanol–water partition coefficient (Wildman–Crippen LogP) is 0.0338. The van der Waals surface area contributed by atoms with Gasteiger partial charge in [0.15, 0.2) is 5.11 Å². The number of hydrogen-bond donors (Lipinski definition) is 3. The molecule has 7 nitrogen and oxygen atoms in total. The lowest BCUT2D eigenvalue weighted by Crippen LogP contribution is -2.23. The summed E-state index contributed by atoms with van der Waals surface area (Å²) in [7, 11) is 0. The van der Waals surface area contributed by atoms with Gasteiger partial charge < -0.3 is 5.73 Å². The van der Waals surface area contributed by atoms with Crippen molar-refractivity contribution in [3.8, 4) is 11.4 Å². The van der Waals surface area contributed by atoms with Gasteiger partial charge in [0, 0.05) is 5.56 Å². The van der Waals surface area contributed by atoms with Crippen molar-refractivity contribution in [3.63, 3.8) is 0 Å². The first kappa shape index (κ1) is 11.1. The van der Waals surface area contributed by atoms with Gasteiger partial charge in [-0.3, -0.25) is 5.43 Å². The number of nitrogens with two attached hydrogens (primary N) is 1. The number of thiocarbonyl (C=S) groups is 1. The maximum absolute atomic E-state index is 5.22. The van der Waals surface area contributed by atoms with Crippen molar-refractivity contribution in [2.75, 3.05) is 0 Å². The Labute approximate surface area is 102 Å². The van der Waals surface area contributed by atoms with Crippen molar-refractivity contribution in [1.29, 1.82) is 0 Å². The summed E-state index contributed by atoms with van der Waals surface area (Å²) in [4.78, 5) is 0. The summed E-state index contributed by atoms with van der Waals surface area (Å²) < 4.78 is 0. The largest absolute Gasteiger partial charge is 0.375 e. The van der Waals surface area contributed by atoms with Gasteiger partial charge in [0.05, 0.1) is 6.21 Å². The van der Waals surface area contributed by atoms with Crippen LogP contribution in [-0.4, -0.2) is 32.0 Å². The Morgan fingerprint density at radius 3 is 2.76 bits per heavy atom. The Morgan fingerprint density at radius 1 is 1.41 bits per heavy atom. The quantitative estimate of drug-likeness (QED) is 0.401. The summed E-state index contributed by atoms with van der Waals surface area (Å²) in [5, 5.41) is 17.6. The Hall–Kier alpha value is -2.35. The first-order valence-corrected chi connectivity index (χ1v) is 5.09. The van der Waals surface area contributed by atoms with Gasteiger partial charge in [0.25, 0.3) is 0 Å². The second kappa shape index (κ2) is 5.12. The van der Waals surface area contributed by atoms with Crippen molar-refractivity contribution in [3.05, 3.63) is 29.8 Å². The number of hydrazone groups is 1. The number of nitrogens with one attached hydrogen (secondary N) is 2. The van der Waals surface area contributed by atoms with E-state index in [9.17, 15) is 0 Å². The molecule has 1 aromatic heterocycles. The Kier molecular flexibility index (Phi) is 3.36. The van der Waals surface area contributed by atoms with Crippen LogP contribution >= 0.6 is 12.2 Å². The molecule has 0 radical (unpaired) electrons. The molecule has 0 aliphatic carbocycles. The fraction of sp³-hybridized carbons (Fsp3) is 0. The second-order valence-corrected chi connectivity index (χ2v) is 3.53. The number of benzene rings is 1. The fourth-order valence-corrected chi connectivity index (χ4v) is 1.23. The van der Waals surface area contributed by atoms with Gasteiger partial charge in [-0.05, 0) is 23.0 Å². The highest BCUT2D eigenvalue weighted by molar-refractivity contribution is 7.80. The SMILES string of the molecule is NC(=S)NN=Cc1ccc(-c2nn[nH]n2)cc1. The molecule has 0 spiro atoms. The molecule has 0 fully saturated rings. The zero-order valence-electron chi connectivity index (χ0n) is 8.66. The van der Waals surface area contributed by atoms with Gasteiger partial charge in [-0.1, -0.05) is 24.3 Å². The predicted molar refractivity (Wildman–Crippen MR) is 67.1 cm³/mol. The van der Waals surface area contributed by atoms with Crippen molar-refractivity contribution < 1.29 is 0 Å². The zero-order chi connectivity index (χ0) is 12.1. The summed E-state index contributed by atoms with van der Waals surface area (Å²) in [6.45, 7) is 0. The first-order valence-electron chi connectivity index (χ1n) is 4.68.